The summed E-state index contributed by atoms with van der Waals surface area (Å²) >= 11 is 0. The van der Waals surface area contributed by atoms with E-state index in [2.05, 4.69) is 5.32 Å². The van der Waals surface area contributed by atoms with Crippen LogP contribution in [0.1, 0.15) is 48.9 Å². The molecule has 4 nitrogen and oxygen atoms in total. The first-order chi connectivity index (χ1) is 10.7. The van der Waals surface area contributed by atoms with Crippen molar-refractivity contribution in [3.63, 3.8) is 0 Å². The summed E-state index contributed by atoms with van der Waals surface area (Å²) in [5.41, 5.74) is 1.74. The van der Waals surface area contributed by atoms with E-state index in [0.717, 1.165) is 18.7 Å². The van der Waals surface area contributed by atoms with Gasteiger partial charge in [-0.05, 0) is 37.5 Å². The van der Waals surface area contributed by atoms with Gasteiger partial charge in [-0.25, -0.2) is 0 Å². The van der Waals surface area contributed by atoms with E-state index in [1.54, 1.807) is 0 Å². The van der Waals surface area contributed by atoms with Crippen LogP contribution in [0.5, 0.6) is 0 Å². The van der Waals surface area contributed by atoms with Crippen molar-refractivity contribution in [2.24, 2.45) is 0 Å². The van der Waals surface area contributed by atoms with E-state index in [1.165, 1.54) is 32.1 Å². The fourth-order valence-corrected chi connectivity index (χ4v) is 2.78. The molecule has 0 atom stereocenters. The topological polar surface area (TPSA) is 41.6 Å². The number of rotatable bonds is 7. The standard InChI is InChI=1S/C18H28N2O2/c1-20(2)16-9-6-8-15(14-16)18(21)19-12-7-13-22-17-10-4-3-5-11-17/h6,8-9,14,17H,3-5,7,10-13H2,1-2H3,(H,19,21). The minimum absolute atomic E-state index is 0.0126. The number of nitrogens with zero attached hydrogens (tertiary/aromatic N) is 1. The van der Waals surface area contributed by atoms with Crippen molar-refractivity contribution in [3.05, 3.63) is 29.8 Å². The molecular weight excluding hydrogens is 276 g/mol. The first-order valence-corrected chi connectivity index (χ1v) is 8.34. The van der Waals surface area contributed by atoms with Gasteiger partial charge in [-0.1, -0.05) is 25.3 Å². The molecule has 0 unspecified atom stereocenters. The highest BCUT2D eigenvalue weighted by Crippen LogP contribution is 2.20. The molecule has 2 rings (SSSR count). The van der Waals surface area contributed by atoms with Crippen molar-refractivity contribution < 1.29 is 9.53 Å². The maximum atomic E-state index is 12.1. The number of ether oxygens (including phenoxy) is 1. The molecule has 1 N–H and O–H groups in total. The molecule has 0 saturated heterocycles. The largest absolute Gasteiger partial charge is 0.378 e. The maximum absolute atomic E-state index is 12.1. The summed E-state index contributed by atoms with van der Waals surface area (Å²) in [5.74, 6) is -0.0126. The normalized spacial score (nSPS) is 15.5. The predicted molar refractivity (Wildman–Crippen MR) is 90.5 cm³/mol. The van der Waals surface area contributed by atoms with Gasteiger partial charge < -0.3 is 15.0 Å². The highest BCUT2D eigenvalue weighted by atomic mass is 16.5. The molecule has 1 aromatic rings. The van der Waals surface area contributed by atoms with Crippen LogP contribution in [-0.4, -0.2) is 39.3 Å². The second-order valence-corrected chi connectivity index (χ2v) is 6.19. The highest BCUT2D eigenvalue weighted by Gasteiger charge is 2.13. The van der Waals surface area contributed by atoms with Gasteiger partial charge in [-0.3, -0.25) is 4.79 Å². The Hall–Kier alpha value is -1.55. The van der Waals surface area contributed by atoms with Crippen molar-refractivity contribution in [3.8, 4) is 0 Å². The number of carbonyl (C=O) groups excluding carboxylic acids is 1. The molecule has 22 heavy (non-hydrogen) atoms. The zero-order chi connectivity index (χ0) is 15.8. The van der Waals surface area contributed by atoms with Gasteiger partial charge in [0.05, 0.1) is 6.10 Å². The Morgan fingerprint density at radius 1 is 1.27 bits per heavy atom. The average Bonchev–Trinajstić information content (AvgIpc) is 2.55. The van der Waals surface area contributed by atoms with Crippen LogP contribution in [-0.2, 0) is 4.74 Å². The summed E-state index contributed by atoms with van der Waals surface area (Å²) in [4.78, 5) is 14.1. The van der Waals surface area contributed by atoms with E-state index in [4.69, 9.17) is 4.74 Å². The monoisotopic (exact) mass is 304 g/mol. The second kappa shape index (κ2) is 8.79. The first-order valence-electron chi connectivity index (χ1n) is 8.34. The molecule has 0 aliphatic heterocycles. The number of hydrogen-bond donors (Lipinski definition) is 1. The third kappa shape index (κ3) is 5.34. The Kier molecular flexibility index (Phi) is 6.72. The van der Waals surface area contributed by atoms with Crippen LogP contribution in [0.3, 0.4) is 0 Å². The second-order valence-electron chi connectivity index (χ2n) is 6.19. The SMILES string of the molecule is CN(C)c1cccc(C(=O)NCCCOC2CCCCC2)c1. The van der Waals surface area contributed by atoms with Crippen molar-refractivity contribution in [1.82, 2.24) is 5.32 Å². The minimum atomic E-state index is -0.0126. The molecule has 0 heterocycles. The highest BCUT2D eigenvalue weighted by molar-refractivity contribution is 5.95. The summed E-state index contributed by atoms with van der Waals surface area (Å²) in [5, 5.41) is 2.97. The molecule has 1 amide bonds. The quantitative estimate of drug-likeness (QED) is 0.786. The Labute approximate surface area is 133 Å². The van der Waals surface area contributed by atoms with Crippen LogP contribution in [0.4, 0.5) is 5.69 Å². The molecule has 1 aromatic carbocycles. The molecule has 0 radical (unpaired) electrons. The summed E-state index contributed by atoms with van der Waals surface area (Å²) in [6.45, 7) is 1.40. The lowest BCUT2D eigenvalue weighted by Gasteiger charge is -2.21. The molecular formula is C18H28N2O2. The van der Waals surface area contributed by atoms with Crippen LogP contribution in [0.2, 0.25) is 0 Å². The fourth-order valence-electron chi connectivity index (χ4n) is 2.78. The van der Waals surface area contributed by atoms with Crippen molar-refractivity contribution >= 4 is 11.6 Å². The van der Waals surface area contributed by atoms with Crippen LogP contribution in [0.25, 0.3) is 0 Å². The smallest absolute Gasteiger partial charge is 0.251 e. The number of carbonyl (C=O) groups is 1. The van der Waals surface area contributed by atoms with E-state index < -0.39 is 0 Å². The lowest BCUT2D eigenvalue weighted by molar-refractivity contribution is 0.0273. The number of amides is 1. The molecule has 1 fully saturated rings. The lowest BCUT2D eigenvalue weighted by Crippen LogP contribution is -2.26. The Morgan fingerprint density at radius 3 is 2.77 bits per heavy atom. The van der Waals surface area contributed by atoms with E-state index in [9.17, 15) is 4.79 Å². The Morgan fingerprint density at radius 2 is 2.05 bits per heavy atom. The van der Waals surface area contributed by atoms with Gasteiger partial charge in [-0.15, -0.1) is 0 Å². The van der Waals surface area contributed by atoms with Gasteiger partial charge in [-0.2, -0.15) is 0 Å². The van der Waals surface area contributed by atoms with Gasteiger partial charge in [0.1, 0.15) is 0 Å². The predicted octanol–water partition coefficient (Wildman–Crippen LogP) is 3.22. The average molecular weight is 304 g/mol. The minimum Gasteiger partial charge on any atom is -0.378 e. The molecule has 1 aliphatic rings. The lowest BCUT2D eigenvalue weighted by atomic mass is 9.98. The molecule has 0 spiro atoms. The summed E-state index contributed by atoms with van der Waals surface area (Å²) in [7, 11) is 3.94. The number of benzene rings is 1. The van der Waals surface area contributed by atoms with Crippen molar-refractivity contribution in [1.29, 1.82) is 0 Å². The first kappa shape index (κ1) is 16.8. The number of hydrogen-bond acceptors (Lipinski definition) is 3. The van der Waals surface area contributed by atoms with E-state index in [-0.39, 0.29) is 5.91 Å². The summed E-state index contributed by atoms with van der Waals surface area (Å²) in [6, 6.07) is 7.67. The molecule has 0 aromatic heterocycles. The zero-order valence-corrected chi connectivity index (χ0v) is 13.8. The number of anilines is 1. The third-order valence-corrected chi connectivity index (χ3v) is 4.14. The van der Waals surface area contributed by atoms with Gasteiger partial charge in [0.2, 0.25) is 0 Å². The van der Waals surface area contributed by atoms with Crippen LogP contribution in [0, 0.1) is 0 Å². The number of nitrogens with one attached hydrogen (secondary N) is 1. The van der Waals surface area contributed by atoms with Gasteiger partial charge in [0.25, 0.3) is 5.91 Å². The zero-order valence-electron chi connectivity index (χ0n) is 13.8. The van der Waals surface area contributed by atoms with Crippen molar-refractivity contribution in [2.75, 3.05) is 32.1 Å². The summed E-state index contributed by atoms with van der Waals surface area (Å²) < 4.78 is 5.86. The fraction of sp³-hybridized carbons (Fsp3) is 0.611. The maximum Gasteiger partial charge on any atom is 0.251 e. The van der Waals surface area contributed by atoms with Gasteiger partial charge >= 0.3 is 0 Å². The summed E-state index contributed by atoms with van der Waals surface area (Å²) in [6.07, 6.45) is 7.65. The van der Waals surface area contributed by atoms with Gasteiger partial charge in [0.15, 0.2) is 0 Å². The van der Waals surface area contributed by atoms with E-state index in [0.29, 0.717) is 18.2 Å². The molecule has 1 aliphatic carbocycles. The molecule has 122 valence electrons. The van der Waals surface area contributed by atoms with Crippen LogP contribution >= 0.6 is 0 Å². The molecule has 4 heteroatoms. The molecule has 0 bridgehead atoms. The van der Waals surface area contributed by atoms with Crippen LogP contribution < -0.4 is 10.2 Å². The Bertz CT molecular complexity index is 468. The van der Waals surface area contributed by atoms with Gasteiger partial charge in [0, 0.05) is 38.5 Å². The molecule has 1 saturated carbocycles. The van der Waals surface area contributed by atoms with Crippen LogP contribution in [0.15, 0.2) is 24.3 Å². The van der Waals surface area contributed by atoms with E-state index in [1.807, 2.05) is 43.3 Å². The van der Waals surface area contributed by atoms with Crippen molar-refractivity contribution in [2.45, 2.75) is 44.6 Å². The Balaban J connectivity index is 1.66. The van der Waals surface area contributed by atoms with E-state index >= 15 is 0 Å². The third-order valence-electron chi connectivity index (χ3n) is 4.14.